The van der Waals surface area contributed by atoms with Gasteiger partial charge in [-0.2, -0.15) is 0 Å². The molecule has 2 rings (SSSR count). The second-order valence-electron chi connectivity index (χ2n) is 4.67. The average molecular weight is 289 g/mol. The monoisotopic (exact) mass is 289 g/mol. The molecule has 1 amide bonds. The zero-order chi connectivity index (χ0) is 14.4. The van der Waals surface area contributed by atoms with Crippen LogP contribution in [0.4, 0.5) is 0 Å². The van der Waals surface area contributed by atoms with Crippen molar-refractivity contribution in [3.05, 3.63) is 57.8 Å². The molecule has 2 N–H and O–H groups in total. The molecule has 1 heterocycles. The Labute approximate surface area is 123 Å². The highest BCUT2D eigenvalue weighted by Crippen LogP contribution is 2.17. The van der Waals surface area contributed by atoms with Crippen LogP contribution in [0.2, 0.25) is 0 Å². The van der Waals surface area contributed by atoms with E-state index in [4.69, 9.17) is 0 Å². The number of aryl methyl sites for hydroxylation is 1. The van der Waals surface area contributed by atoms with Crippen molar-refractivity contribution in [3.8, 4) is 0 Å². The minimum absolute atomic E-state index is 0.0620. The fourth-order valence-electron chi connectivity index (χ4n) is 2.12. The van der Waals surface area contributed by atoms with Crippen LogP contribution in [0.3, 0.4) is 0 Å². The first-order chi connectivity index (χ1) is 9.74. The molecule has 106 valence electrons. The molecule has 1 aromatic carbocycles. The second-order valence-corrected chi connectivity index (χ2v) is 5.59. The van der Waals surface area contributed by atoms with Gasteiger partial charge >= 0.3 is 0 Å². The van der Waals surface area contributed by atoms with Crippen LogP contribution in [0.25, 0.3) is 0 Å². The maximum absolute atomic E-state index is 12.2. The predicted molar refractivity (Wildman–Crippen MR) is 82.2 cm³/mol. The summed E-state index contributed by atoms with van der Waals surface area (Å²) >= 11 is 1.45. The van der Waals surface area contributed by atoms with E-state index in [1.54, 1.807) is 0 Å². The maximum atomic E-state index is 12.2. The first-order valence-electron chi connectivity index (χ1n) is 6.76. The minimum Gasteiger partial charge on any atom is -0.394 e. The quantitative estimate of drug-likeness (QED) is 0.859. The number of aliphatic hydroxyl groups excluding tert-OH is 1. The van der Waals surface area contributed by atoms with E-state index >= 15 is 0 Å². The van der Waals surface area contributed by atoms with Gasteiger partial charge in [0.25, 0.3) is 5.91 Å². The molecule has 0 saturated carbocycles. The van der Waals surface area contributed by atoms with Gasteiger partial charge in [0.1, 0.15) is 0 Å². The van der Waals surface area contributed by atoms with Crippen molar-refractivity contribution in [1.29, 1.82) is 0 Å². The minimum atomic E-state index is -0.253. The van der Waals surface area contributed by atoms with Crippen LogP contribution in [-0.4, -0.2) is 23.7 Å². The number of carbonyl (C=O) groups is 1. The van der Waals surface area contributed by atoms with Gasteiger partial charge in [0.15, 0.2) is 0 Å². The first-order valence-corrected chi connectivity index (χ1v) is 7.64. The summed E-state index contributed by atoms with van der Waals surface area (Å²) < 4.78 is 0. The molecular formula is C16H19NO2S. The highest BCUT2D eigenvalue weighted by Gasteiger charge is 2.16. The summed E-state index contributed by atoms with van der Waals surface area (Å²) in [5.41, 5.74) is 2.16. The number of carbonyl (C=O) groups excluding carboxylic acids is 1. The lowest BCUT2D eigenvalue weighted by Gasteiger charge is -2.16. The molecule has 0 aliphatic rings. The van der Waals surface area contributed by atoms with Gasteiger partial charge in [-0.15, -0.1) is 11.3 Å². The Morgan fingerprint density at radius 1 is 1.30 bits per heavy atom. The molecule has 0 saturated heterocycles. The lowest BCUT2D eigenvalue weighted by atomic mass is 10.1. The van der Waals surface area contributed by atoms with Crippen molar-refractivity contribution in [1.82, 2.24) is 5.32 Å². The van der Waals surface area contributed by atoms with E-state index in [9.17, 15) is 9.90 Å². The molecule has 20 heavy (non-hydrogen) atoms. The molecule has 0 aliphatic carbocycles. The Bertz CT molecular complexity index is 551. The molecule has 0 unspecified atom stereocenters. The number of aliphatic hydroxyl groups is 1. The second kappa shape index (κ2) is 7.22. The van der Waals surface area contributed by atoms with Gasteiger partial charge in [-0.25, -0.2) is 0 Å². The molecule has 0 aliphatic heterocycles. The largest absolute Gasteiger partial charge is 0.394 e. The van der Waals surface area contributed by atoms with Crippen molar-refractivity contribution >= 4 is 17.2 Å². The van der Waals surface area contributed by atoms with Gasteiger partial charge in [0.2, 0.25) is 0 Å². The van der Waals surface area contributed by atoms with Crippen molar-refractivity contribution in [2.24, 2.45) is 0 Å². The summed E-state index contributed by atoms with van der Waals surface area (Å²) in [7, 11) is 0. The van der Waals surface area contributed by atoms with Crippen molar-refractivity contribution in [3.63, 3.8) is 0 Å². The van der Waals surface area contributed by atoms with E-state index in [-0.39, 0.29) is 18.6 Å². The number of hydrogen-bond acceptors (Lipinski definition) is 3. The predicted octanol–water partition coefficient (Wildman–Crippen LogP) is 2.64. The number of nitrogens with one attached hydrogen (secondary N) is 1. The lowest BCUT2D eigenvalue weighted by Crippen LogP contribution is -2.39. The van der Waals surface area contributed by atoms with Gasteiger partial charge < -0.3 is 10.4 Å². The fraction of sp³-hybridized carbons (Fsp3) is 0.312. The van der Waals surface area contributed by atoms with Gasteiger partial charge in [-0.1, -0.05) is 37.3 Å². The summed E-state index contributed by atoms with van der Waals surface area (Å²) in [6.45, 7) is 1.97. The third-order valence-corrected chi connectivity index (χ3v) is 4.17. The SMILES string of the molecule is CCc1ccsc1C(=O)N[C@@H](CO)Cc1ccccc1. The van der Waals surface area contributed by atoms with Crippen molar-refractivity contribution in [2.45, 2.75) is 25.8 Å². The molecule has 0 spiro atoms. The number of rotatable bonds is 6. The highest BCUT2D eigenvalue weighted by molar-refractivity contribution is 7.12. The van der Waals surface area contributed by atoms with Gasteiger partial charge in [-0.05, 0) is 35.4 Å². The molecule has 1 aromatic heterocycles. The summed E-state index contributed by atoms with van der Waals surface area (Å²) in [5, 5.41) is 14.3. The van der Waals surface area contributed by atoms with Crippen molar-refractivity contribution in [2.75, 3.05) is 6.61 Å². The Balaban J connectivity index is 2.01. The Morgan fingerprint density at radius 2 is 2.05 bits per heavy atom. The Hall–Kier alpha value is -1.65. The third-order valence-electron chi connectivity index (χ3n) is 3.21. The molecule has 0 bridgehead atoms. The number of thiophene rings is 1. The van der Waals surface area contributed by atoms with E-state index in [2.05, 4.69) is 5.32 Å². The van der Waals surface area contributed by atoms with Gasteiger partial charge in [0.05, 0.1) is 17.5 Å². The van der Waals surface area contributed by atoms with Crippen molar-refractivity contribution < 1.29 is 9.90 Å². The molecule has 0 radical (unpaired) electrons. The molecular weight excluding hydrogens is 270 g/mol. The standard InChI is InChI=1S/C16H19NO2S/c1-2-13-8-9-20-15(13)16(19)17-14(11-18)10-12-6-4-3-5-7-12/h3-9,14,18H,2,10-11H2,1H3,(H,17,19)/t14-/m1/s1. The summed E-state index contributed by atoms with van der Waals surface area (Å²) in [6, 6.07) is 11.6. The van der Waals surface area contributed by atoms with E-state index in [1.165, 1.54) is 11.3 Å². The third kappa shape index (κ3) is 3.68. The smallest absolute Gasteiger partial charge is 0.261 e. The molecule has 1 atom stereocenters. The van der Waals surface area contributed by atoms with Crippen LogP contribution in [-0.2, 0) is 12.8 Å². The van der Waals surface area contributed by atoms with E-state index in [0.29, 0.717) is 6.42 Å². The number of benzene rings is 1. The molecule has 0 fully saturated rings. The highest BCUT2D eigenvalue weighted by atomic mass is 32.1. The Morgan fingerprint density at radius 3 is 2.70 bits per heavy atom. The molecule has 3 nitrogen and oxygen atoms in total. The number of amides is 1. The summed E-state index contributed by atoms with van der Waals surface area (Å²) in [6.07, 6.45) is 1.48. The zero-order valence-corrected chi connectivity index (χ0v) is 12.3. The lowest BCUT2D eigenvalue weighted by molar-refractivity contribution is 0.0920. The van der Waals surface area contributed by atoms with Crippen LogP contribution >= 0.6 is 11.3 Å². The molecule has 4 heteroatoms. The van der Waals surface area contributed by atoms with E-state index < -0.39 is 0 Å². The first kappa shape index (κ1) is 14.8. The molecule has 2 aromatic rings. The van der Waals surface area contributed by atoms with Crippen LogP contribution in [0.1, 0.15) is 27.7 Å². The fourth-order valence-corrected chi connectivity index (χ4v) is 3.02. The number of hydrogen-bond donors (Lipinski definition) is 2. The van der Waals surface area contributed by atoms with Crippen LogP contribution in [0, 0.1) is 0 Å². The van der Waals surface area contributed by atoms with E-state index in [0.717, 1.165) is 22.4 Å². The van der Waals surface area contributed by atoms with Crippen LogP contribution < -0.4 is 5.32 Å². The van der Waals surface area contributed by atoms with Gasteiger partial charge in [0, 0.05) is 0 Å². The van der Waals surface area contributed by atoms with Crippen LogP contribution in [0.15, 0.2) is 41.8 Å². The normalized spacial score (nSPS) is 12.1. The zero-order valence-electron chi connectivity index (χ0n) is 11.5. The summed E-state index contributed by atoms with van der Waals surface area (Å²) in [5.74, 6) is -0.0909. The maximum Gasteiger partial charge on any atom is 0.261 e. The van der Waals surface area contributed by atoms with E-state index in [1.807, 2.05) is 48.7 Å². The van der Waals surface area contributed by atoms with Crippen LogP contribution in [0.5, 0.6) is 0 Å². The Kier molecular flexibility index (Phi) is 5.32. The van der Waals surface area contributed by atoms with Gasteiger partial charge in [-0.3, -0.25) is 4.79 Å². The summed E-state index contributed by atoms with van der Waals surface area (Å²) in [4.78, 5) is 13.0. The topological polar surface area (TPSA) is 49.3 Å². The average Bonchev–Trinajstić information content (AvgIpc) is 2.96.